The first kappa shape index (κ1) is 28.8. The predicted molar refractivity (Wildman–Crippen MR) is 153 cm³/mol. The van der Waals surface area contributed by atoms with Gasteiger partial charge in [-0.05, 0) is 67.6 Å². The Morgan fingerprint density at radius 2 is 1.82 bits per heavy atom. The molecule has 0 aromatic heterocycles. The van der Waals surface area contributed by atoms with Crippen LogP contribution in [0.25, 0.3) is 0 Å². The molecule has 2 fully saturated rings. The van der Waals surface area contributed by atoms with E-state index in [9.17, 15) is 9.59 Å². The number of hydrogen-bond acceptors (Lipinski definition) is 4. The van der Waals surface area contributed by atoms with Gasteiger partial charge in [-0.3, -0.25) is 4.79 Å². The highest BCUT2D eigenvalue weighted by molar-refractivity contribution is 6.42. The SMILES string of the molecule is COc1ccc2c(c1)C(=O)N(C)C2C(CCN1CCC(N2CCCNC2=O)CC1)c1ccc(Cl)c(Cl)c1.Cl. The maximum Gasteiger partial charge on any atom is 0.317 e. The average Bonchev–Trinajstić information content (AvgIpc) is 3.16. The zero-order valence-electron chi connectivity index (χ0n) is 21.8. The summed E-state index contributed by atoms with van der Waals surface area (Å²) in [5.74, 6) is 0.728. The molecule has 2 aromatic rings. The number of rotatable bonds is 7. The summed E-state index contributed by atoms with van der Waals surface area (Å²) in [5, 5.41) is 4.02. The van der Waals surface area contributed by atoms with E-state index in [0.29, 0.717) is 27.4 Å². The highest BCUT2D eigenvalue weighted by atomic mass is 35.5. The molecule has 2 atom stereocenters. The van der Waals surface area contributed by atoms with E-state index >= 15 is 0 Å². The quantitative estimate of drug-likeness (QED) is 0.462. The monoisotopic (exact) mass is 580 g/mol. The Morgan fingerprint density at radius 1 is 1.05 bits per heavy atom. The van der Waals surface area contributed by atoms with Gasteiger partial charge >= 0.3 is 6.03 Å². The third-order valence-electron chi connectivity index (χ3n) is 8.17. The molecule has 3 aliphatic rings. The minimum atomic E-state index is -0.111. The molecule has 2 saturated heterocycles. The molecule has 2 aromatic carbocycles. The second-order valence-electron chi connectivity index (χ2n) is 10.2. The zero-order chi connectivity index (χ0) is 26.1. The molecule has 3 aliphatic heterocycles. The molecule has 2 unspecified atom stereocenters. The van der Waals surface area contributed by atoms with E-state index in [4.69, 9.17) is 27.9 Å². The van der Waals surface area contributed by atoms with Crippen LogP contribution >= 0.6 is 35.6 Å². The van der Waals surface area contributed by atoms with E-state index in [-0.39, 0.29) is 36.3 Å². The highest BCUT2D eigenvalue weighted by Gasteiger charge is 2.40. The van der Waals surface area contributed by atoms with E-state index < -0.39 is 0 Å². The van der Waals surface area contributed by atoms with Crippen LogP contribution in [-0.4, -0.2) is 79.6 Å². The number of halogens is 3. The van der Waals surface area contributed by atoms with Crippen molar-refractivity contribution in [1.82, 2.24) is 20.0 Å². The summed E-state index contributed by atoms with van der Waals surface area (Å²) in [7, 11) is 3.49. The molecule has 1 N–H and O–H groups in total. The normalized spacial score (nSPS) is 21.1. The van der Waals surface area contributed by atoms with Crippen molar-refractivity contribution in [2.45, 2.75) is 43.7 Å². The number of piperidine rings is 1. The van der Waals surface area contributed by atoms with Crippen LogP contribution in [0, 0.1) is 0 Å². The number of carbonyl (C=O) groups excluding carboxylic acids is 2. The predicted octanol–water partition coefficient (Wildman–Crippen LogP) is 5.60. The smallest absolute Gasteiger partial charge is 0.317 e. The second-order valence-corrected chi connectivity index (χ2v) is 11.0. The van der Waals surface area contributed by atoms with Gasteiger partial charge in [0.2, 0.25) is 0 Å². The van der Waals surface area contributed by atoms with Gasteiger partial charge in [-0.1, -0.05) is 35.3 Å². The molecule has 10 heteroatoms. The molecule has 0 bridgehead atoms. The van der Waals surface area contributed by atoms with Crippen LogP contribution in [0.15, 0.2) is 36.4 Å². The number of nitrogens with zero attached hydrogens (tertiary/aromatic N) is 3. The van der Waals surface area contributed by atoms with E-state index in [0.717, 1.165) is 69.5 Å². The lowest BCUT2D eigenvalue weighted by Gasteiger charge is -2.40. The van der Waals surface area contributed by atoms with Crippen molar-refractivity contribution in [3.8, 4) is 5.75 Å². The van der Waals surface area contributed by atoms with Crippen LogP contribution in [0.3, 0.4) is 0 Å². The van der Waals surface area contributed by atoms with E-state index in [1.807, 2.05) is 53.2 Å². The first-order valence-corrected chi connectivity index (χ1v) is 13.8. The minimum Gasteiger partial charge on any atom is -0.497 e. The van der Waals surface area contributed by atoms with Crippen molar-refractivity contribution in [2.75, 3.05) is 46.9 Å². The Morgan fingerprint density at radius 3 is 2.50 bits per heavy atom. The Balaban J connectivity index is 0.00000336. The maximum atomic E-state index is 13.2. The summed E-state index contributed by atoms with van der Waals surface area (Å²) in [4.78, 5) is 31.9. The Labute approximate surface area is 240 Å². The number of benzene rings is 2. The number of likely N-dealkylation sites (N-methyl/N-ethyl adjacent to an activating group) is 1. The van der Waals surface area contributed by atoms with Crippen molar-refractivity contribution in [3.05, 3.63) is 63.1 Å². The van der Waals surface area contributed by atoms with Crippen LogP contribution in [0.1, 0.15) is 59.1 Å². The van der Waals surface area contributed by atoms with Gasteiger partial charge in [-0.15, -0.1) is 12.4 Å². The lowest BCUT2D eigenvalue weighted by atomic mass is 9.84. The average molecular weight is 582 g/mol. The van der Waals surface area contributed by atoms with Gasteiger partial charge in [0.15, 0.2) is 0 Å². The fraction of sp³-hybridized carbons (Fsp3) is 0.500. The molecule has 0 saturated carbocycles. The molecular weight excluding hydrogens is 547 g/mol. The van der Waals surface area contributed by atoms with Crippen LogP contribution in [-0.2, 0) is 0 Å². The number of likely N-dealkylation sites (tertiary alicyclic amines) is 1. The van der Waals surface area contributed by atoms with Crippen molar-refractivity contribution < 1.29 is 14.3 Å². The molecule has 0 aliphatic carbocycles. The maximum absolute atomic E-state index is 13.2. The third kappa shape index (κ3) is 5.71. The lowest BCUT2D eigenvalue weighted by Crippen LogP contribution is -2.54. The molecule has 7 nitrogen and oxygen atoms in total. The summed E-state index contributed by atoms with van der Waals surface area (Å²) in [5.41, 5.74) is 2.78. The van der Waals surface area contributed by atoms with Gasteiger partial charge in [-0.2, -0.15) is 0 Å². The standard InChI is InChI=1S/C28H34Cl2N4O3.ClH/c1-32-26(22-6-5-20(37-2)17-23(22)27(32)35)21(18-4-7-24(29)25(30)16-18)10-15-33-13-8-19(9-14-33)34-12-3-11-31-28(34)36;/h4-7,16-17,19,21,26H,3,8-15H2,1-2H3,(H,31,36);1H. The first-order chi connectivity index (χ1) is 17.9. The van der Waals surface area contributed by atoms with E-state index in [1.54, 1.807) is 7.11 Å². The number of nitrogens with one attached hydrogen (secondary N) is 1. The third-order valence-corrected chi connectivity index (χ3v) is 8.91. The lowest BCUT2D eigenvalue weighted by molar-refractivity contribution is 0.0740. The van der Waals surface area contributed by atoms with Crippen molar-refractivity contribution in [1.29, 1.82) is 0 Å². The largest absolute Gasteiger partial charge is 0.497 e. The number of hydrogen-bond donors (Lipinski definition) is 1. The molecule has 0 radical (unpaired) electrons. The topological polar surface area (TPSA) is 65.1 Å². The van der Waals surface area contributed by atoms with Crippen molar-refractivity contribution in [3.63, 3.8) is 0 Å². The van der Waals surface area contributed by atoms with E-state index in [2.05, 4.69) is 10.2 Å². The Hall–Kier alpha value is -2.19. The number of urea groups is 1. The second kappa shape index (κ2) is 12.3. The Bertz CT molecular complexity index is 1170. The van der Waals surface area contributed by atoms with Gasteiger partial charge in [0.25, 0.3) is 5.91 Å². The Kier molecular flexibility index (Phi) is 9.35. The van der Waals surface area contributed by atoms with E-state index in [1.165, 1.54) is 0 Å². The fourth-order valence-corrected chi connectivity index (χ4v) is 6.45. The number of amides is 3. The van der Waals surface area contributed by atoms with Crippen LogP contribution in [0.2, 0.25) is 10.0 Å². The summed E-state index contributed by atoms with van der Waals surface area (Å²) in [6, 6.07) is 11.9. The van der Waals surface area contributed by atoms with Crippen molar-refractivity contribution in [2.24, 2.45) is 0 Å². The van der Waals surface area contributed by atoms with Gasteiger partial charge in [-0.25, -0.2) is 4.79 Å². The van der Waals surface area contributed by atoms with Gasteiger partial charge in [0.1, 0.15) is 5.75 Å². The summed E-state index contributed by atoms with van der Waals surface area (Å²) < 4.78 is 5.38. The highest BCUT2D eigenvalue weighted by Crippen LogP contribution is 2.45. The van der Waals surface area contributed by atoms with Gasteiger partial charge in [0.05, 0.1) is 23.2 Å². The van der Waals surface area contributed by atoms with Crippen LogP contribution in [0.5, 0.6) is 5.75 Å². The first-order valence-electron chi connectivity index (χ1n) is 13.0. The summed E-state index contributed by atoms with van der Waals surface area (Å²) in [6.07, 6.45) is 3.84. The molecule has 38 heavy (non-hydrogen) atoms. The summed E-state index contributed by atoms with van der Waals surface area (Å²) in [6.45, 7) is 4.43. The molecule has 3 amide bonds. The summed E-state index contributed by atoms with van der Waals surface area (Å²) >= 11 is 12.7. The van der Waals surface area contributed by atoms with Gasteiger partial charge < -0.3 is 24.8 Å². The number of fused-ring (bicyclic) bond motifs is 1. The minimum absolute atomic E-state index is 0. The van der Waals surface area contributed by atoms with Crippen molar-refractivity contribution >= 4 is 47.5 Å². The molecular formula is C28H35Cl3N4O3. The molecule has 206 valence electrons. The molecule has 5 rings (SSSR count). The number of carbonyl (C=O) groups is 2. The zero-order valence-corrected chi connectivity index (χ0v) is 24.1. The number of methoxy groups -OCH3 is 1. The fourth-order valence-electron chi connectivity index (χ4n) is 6.14. The van der Waals surface area contributed by atoms with Crippen LogP contribution < -0.4 is 10.1 Å². The molecule has 3 heterocycles. The molecule has 0 spiro atoms. The van der Waals surface area contributed by atoms with Crippen LogP contribution in [0.4, 0.5) is 4.79 Å². The number of ether oxygens (including phenoxy) is 1. The van der Waals surface area contributed by atoms with Gasteiger partial charge in [0, 0.05) is 50.7 Å².